The SMILES string of the molecule is CC1(C(=O)N(Cc2cccc(F)c2)C2CC2)CCNC1. The number of carbonyl (C=O) groups is 1. The highest BCUT2D eigenvalue weighted by Gasteiger charge is 2.43. The van der Waals surface area contributed by atoms with Gasteiger partial charge in [-0.1, -0.05) is 12.1 Å². The Labute approximate surface area is 119 Å². The molecule has 1 unspecified atom stereocenters. The van der Waals surface area contributed by atoms with Crippen LogP contribution in [0.15, 0.2) is 24.3 Å². The summed E-state index contributed by atoms with van der Waals surface area (Å²) in [5, 5.41) is 3.27. The summed E-state index contributed by atoms with van der Waals surface area (Å²) in [5.41, 5.74) is 0.579. The van der Waals surface area contributed by atoms with Gasteiger partial charge in [-0.25, -0.2) is 4.39 Å². The maximum atomic E-state index is 13.3. The molecule has 108 valence electrons. The quantitative estimate of drug-likeness (QED) is 0.915. The van der Waals surface area contributed by atoms with Gasteiger partial charge in [0.2, 0.25) is 5.91 Å². The van der Waals surface area contributed by atoms with Crippen molar-refractivity contribution in [2.75, 3.05) is 13.1 Å². The number of rotatable bonds is 4. The van der Waals surface area contributed by atoms with Gasteiger partial charge in [0.15, 0.2) is 0 Å². The fourth-order valence-corrected chi connectivity index (χ4v) is 2.93. The Kier molecular flexibility index (Phi) is 3.50. The first-order chi connectivity index (χ1) is 9.58. The van der Waals surface area contributed by atoms with Gasteiger partial charge in [0.25, 0.3) is 0 Å². The predicted octanol–water partition coefficient (Wildman–Crippen LogP) is 2.32. The molecule has 1 N–H and O–H groups in total. The lowest BCUT2D eigenvalue weighted by Crippen LogP contribution is -2.44. The first-order valence-electron chi connectivity index (χ1n) is 7.35. The first-order valence-corrected chi connectivity index (χ1v) is 7.35. The lowest BCUT2D eigenvalue weighted by Gasteiger charge is -2.31. The molecule has 20 heavy (non-hydrogen) atoms. The standard InChI is InChI=1S/C16H21FN2O/c1-16(7-8-18-11-16)15(20)19(14-5-6-14)10-12-3-2-4-13(17)9-12/h2-4,9,14,18H,5-8,10-11H2,1H3. The third-order valence-corrected chi connectivity index (χ3v) is 4.38. The van der Waals surface area contributed by atoms with Crippen molar-refractivity contribution in [1.29, 1.82) is 0 Å². The Hall–Kier alpha value is -1.42. The normalized spacial score (nSPS) is 25.7. The molecule has 1 aromatic rings. The van der Waals surface area contributed by atoms with Crippen molar-refractivity contribution in [1.82, 2.24) is 10.2 Å². The van der Waals surface area contributed by atoms with E-state index in [-0.39, 0.29) is 17.1 Å². The molecule has 1 heterocycles. The van der Waals surface area contributed by atoms with E-state index in [9.17, 15) is 9.18 Å². The highest BCUT2D eigenvalue weighted by molar-refractivity contribution is 5.83. The zero-order valence-electron chi connectivity index (χ0n) is 11.9. The number of hydrogen-bond acceptors (Lipinski definition) is 2. The van der Waals surface area contributed by atoms with Gasteiger partial charge in [-0.15, -0.1) is 0 Å². The molecule has 1 aromatic carbocycles. The number of amides is 1. The van der Waals surface area contributed by atoms with E-state index in [4.69, 9.17) is 0 Å². The molecule has 3 rings (SSSR count). The smallest absolute Gasteiger partial charge is 0.230 e. The average molecular weight is 276 g/mol. The number of halogens is 1. The molecule has 1 aliphatic carbocycles. The summed E-state index contributed by atoms with van der Waals surface area (Å²) in [4.78, 5) is 14.8. The molecule has 0 radical (unpaired) electrons. The van der Waals surface area contributed by atoms with Crippen LogP contribution in [0.4, 0.5) is 4.39 Å². The van der Waals surface area contributed by atoms with Gasteiger partial charge in [0, 0.05) is 19.1 Å². The monoisotopic (exact) mass is 276 g/mol. The second kappa shape index (κ2) is 5.17. The van der Waals surface area contributed by atoms with E-state index in [1.54, 1.807) is 6.07 Å². The molecule has 1 aliphatic heterocycles. The fraction of sp³-hybridized carbons (Fsp3) is 0.562. The molecule has 1 atom stereocenters. The third kappa shape index (κ3) is 2.70. The van der Waals surface area contributed by atoms with Gasteiger partial charge in [0.05, 0.1) is 5.41 Å². The van der Waals surface area contributed by atoms with Crippen LogP contribution < -0.4 is 5.32 Å². The van der Waals surface area contributed by atoms with E-state index in [2.05, 4.69) is 5.32 Å². The summed E-state index contributed by atoms with van der Waals surface area (Å²) < 4.78 is 13.3. The lowest BCUT2D eigenvalue weighted by molar-refractivity contribution is -0.141. The molecular weight excluding hydrogens is 255 g/mol. The van der Waals surface area contributed by atoms with Crippen molar-refractivity contribution >= 4 is 5.91 Å². The molecule has 0 aromatic heterocycles. The second-order valence-corrected chi connectivity index (χ2v) is 6.28. The van der Waals surface area contributed by atoms with Crippen LogP contribution in [0.25, 0.3) is 0 Å². The zero-order valence-corrected chi connectivity index (χ0v) is 11.9. The van der Waals surface area contributed by atoms with Gasteiger partial charge in [-0.3, -0.25) is 4.79 Å². The Morgan fingerprint density at radius 1 is 1.50 bits per heavy atom. The summed E-state index contributed by atoms with van der Waals surface area (Å²) in [6.45, 7) is 4.21. The molecule has 0 spiro atoms. The van der Waals surface area contributed by atoms with Crippen LogP contribution in [0.2, 0.25) is 0 Å². The molecule has 1 saturated carbocycles. The van der Waals surface area contributed by atoms with Crippen molar-refractivity contribution in [2.45, 2.75) is 38.8 Å². The Morgan fingerprint density at radius 2 is 2.30 bits per heavy atom. The molecule has 1 amide bonds. The van der Waals surface area contributed by atoms with Gasteiger partial charge in [0.1, 0.15) is 5.82 Å². The van der Waals surface area contributed by atoms with Gasteiger partial charge >= 0.3 is 0 Å². The van der Waals surface area contributed by atoms with E-state index in [0.717, 1.165) is 37.9 Å². The van der Waals surface area contributed by atoms with Gasteiger partial charge < -0.3 is 10.2 Å². The molecule has 4 heteroatoms. The van der Waals surface area contributed by atoms with E-state index < -0.39 is 0 Å². The van der Waals surface area contributed by atoms with Crippen molar-refractivity contribution in [3.8, 4) is 0 Å². The minimum Gasteiger partial charge on any atom is -0.335 e. The largest absolute Gasteiger partial charge is 0.335 e. The molecule has 2 aliphatic rings. The summed E-state index contributed by atoms with van der Waals surface area (Å²) in [7, 11) is 0. The number of carbonyl (C=O) groups excluding carboxylic acids is 1. The molecule has 1 saturated heterocycles. The van der Waals surface area contributed by atoms with E-state index >= 15 is 0 Å². The average Bonchev–Trinajstić information content (AvgIpc) is 3.17. The summed E-state index contributed by atoms with van der Waals surface area (Å²) >= 11 is 0. The van der Waals surface area contributed by atoms with Crippen molar-refractivity contribution in [2.24, 2.45) is 5.41 Å². The van der Waals surface area contributed by atoms with Crippen LogP contribution >= 0.6 is 0 Å². The van der Waals surface area contributed by atoms with Gasteiger partial charge in [-0.05, 0) is 50.4 Å². The van der Waals surface area contributed by atoms with Crippen molar-refractivity contribution in [3.63, 3.8) is 0 Å². The minimum atomic E-state index is -0.296. The Bertz CT molecular complexity index is 507. The number of nitrogens with one attached hydrogen (secondary N) is 1. The van der Waals surface area contributed by atoms with Crippen LogP contribution in [0, 0.1) is 11.2 Å². The van der Waals surface area contributed by atoms with E-state index in [0.29, 0.717) is 12.6 Å². The van der Waals surface area contributed by atoms with Crippen LogP contribution in [-0.2, 0) is 11.3 Å². The maximum absolute atomic E-state index is 13.3. The van der Waals surface area contributed by atoms with Crippen molar-refractivity contribution < 1.29 is 9.18 Å². The van der Waals surface area contributed by atoms with Gasteiger partial charge in [-0.2, -0.15) is 0 Å². The van der Waals surface area contributed by atoms with E-state index in [1.807, 2.05) is 17.9 Å². The number of nitrogens with zero attached hydrogens (tertiary/aromatic N) is 1. The van der Waals surface area contributed by atoms with Crippen molar-refractivity contribution in [3.05, 3.63) is 35.6 Å². The van der Waals surface area contributed by atoms with Crippen LogP contribution in [-0.4, -0.2) is 29.9 Å². The zero-order chi connectivity index (χ0) is 14.2. The molecule has 0 bridgehead atoms. The van der Waals surface area contributed by atoms with Crippen LogP contribution in [0.3, 0.4) is 0 Å². The predicted molar refractivity (Wildman–Crippen MR) is 75.6 cm³/mol. The maximum Gasteiger partial charge on any atom is 0.230 e. The first kappa shape index (κ1) is 13.6. The Morgan fingerprint density at radius 3 is 2.90 bits per heavy atom. The van der Waals surface area contributed by atoms with Crippen LogP contribution in [0.1, 0.15) is 31.7 Å². The molecular formula is C16H21FN2O. The number of hydrogen-bond donors (Lipinski definition) is 1. The summed E-state index contributed by atoms with van der Waals surface area (Å²) in [6, 6.07) is 6.91. The summed E-state index contributed by atoms with van der Waals surface area (Å²) in [5.74, 6) is -0.0197. The topological polar surface area (TPSA) is 32.3 Å². The second-order valence-electron chi connectivity index (χ2n) is 6.28. The molecule has 3 nitrogen and oxygen atoms in total. The fourth-order valence-electron chi connectivity index (χ4n) is 2.93. The van der Waals surface area contributed by atoms with Crippen LogP contribution in [0.5, 0.6) is 0 Å². The summed E-state index contributed by atoms with van der Waals surface area (Å²) in [6.07, 6.45) is 3.04. The Balaban J connectivity index is 1.77. The molecule has 2 fully saturated rings. The van der Waals surface area contributed by atoms with E-state index in [1.165, 1.54) is 12.1 Å². The highest BCUT2D eigenvalue weighted by atomic mass is 19.1. The number of benzene rings is 1. The lowest BCUT2D eigenvalue weighted by atomic mass is 9.88. The third-order valence-electron chi connectivity index (χ3n) is 4.38. The minimum absolute atomic E-state index is 0.217. The highest BCUT2D eigenvalue weighted by Crippen LogP contribution is 2.35.